The van der Waals surface area contributed by atoms with Crippen molar-refractivity contribution in [2.45, 2.75) is 6.04 Å². The molecule has 0 bridgehead atoms. The molecule has 0 radical (unpaired) electrons. The van der Waals surface area contributed by atoms with Crippen LogP contribution in [0.5, 0.6) is 0 Å². The molecule has 4 heterocycles. The summed E-state index contributed by atoms with van der Waals surface area (Å²) in [5.41, 5.74) is 0.822. The zero-order chi connectivity index (χ0) is 23.5. The first-order valence-electron chi connectivity index (χ1n) is 10.9. The van der Waals surface area contributed by atoms with Crippen LogP contribution in [0.3, 0.4) is 0 Å². The Morgan fingerprint density at radius 3 is 2.44 bits per heavy atom. The third-order valence-corrected chi connectivity index (χ3v) is 5.46. The van der Waals surface area contributed by atoms with Gasteiger partial charge >= 0.3 is 0 Å². The molecule has 11 nitrogen and oxygen atoms in total. The number of anilines is 4. The van der Waals surface area contributed by atoms with Crippen molar-refractivity contribution in [2.75, 3.05) is 41.8 Å². The molecular weight excluding hydrogens is 439 g/mol. The lowest BCUT2D eigenvalue weighted by atomic mass is 10.1. The predicted octanol–water partition coefficient (Wildman–Crippen LogP) is 2.26. The van der Waals surface area contributed by atoms with Gasteiger partial charge in [-0.2, -0.15) is 15.0 Å². The quantitative estimate of drug-likeness (QED) is 0.425. The molecule has 0 saturated carbocycles. The lowest BCUT2D eigenvalue weighted by Crippen LogP contribution is -2.37. The highest BCUT2D eigenvalue weighted by molar-refractivity contribution is 5.52. The Labute approximate surface area is 195 Å². The lowest BCUT2D eigenvalue weighted by molar-refractivity contribution is 0.122. The van der Waals surface area contributed by atoms with Gasteiger partial charge in [0.25, 0.3) is 0 Å². The van der Waals surface area contributed by atoms with E-state index in [0.29, 0.717) is 50.0 Å². The summed E-state index contributed by atoms with van der Waals surface area (Å²) < 4.78 is 22.8. The van der Waals surface area contributed by atoms with Crippen LogP contribution in [0.25, 0.3) is 0 Å². The Morgan fingerprint density at radius 1 is 1.00 bits per heavy atom. The first-order valence-corrected chi connectivity index (χ1v) is 10.9. The number of nitrogens with zero attached hydrogens (tertiary/aromatic N) is 8. The molecule has 0 aliphatic carbocycles. The van der Waals surface area contributed by atoms with Gasteiger partial charge in [0.15, 0.2) is 5.82 Å². The number of morpholine rings is 1. The summed E-state index contributed by atoms with van der Waals surface area (Å²) >= 11 is 0. The Bertz CT molecular complexity index is 1250. The molecular formula is C22H25FN10O. The number of aryl methyl sites for hydroxylation is 2. The van der Waals surface area contributed by atoms with Crippen LogP contribution < -0.4 is 15.5 Å². The van der Waals surface area contributed by atoms with Crippen LogP contribution in [0.15, 0.2) is 49.2 Å². The first-order chi connectivity index (χ1) is 16.5. The van der Waals surface area contributed by atoms with Gasteiger partial charge in [-0.1, -0.05) is 12.1 Å². The van der Waals surface area contributed by atoms with Crippen LogP contribution in [0.1, 0.15) is 17.4 Å². The van der Waals surface area contributed by atoms with Gasteiger partial charge in [-0.3, -0.25) is 0 Å². The summed E-state index contributed by atoms with van der Waals surface area (Å²) in [6.45, 7) is 2.55. The van der Waals surface area contributed by atoms with Crippen molar-refractivity contribution in [2.24, 2.45) is 14.1 Å². The highest BCUT2D eigenvalue weighted by Gasteiger charge is 2.22. The van der Waals surface area contributed by atoms with Crippen LogP contribution in [-0.4, -0.2) is 60.4 Å². The number of hydrogen-bond donors (Lipinski definition) is 2. The lowest BCUT2D eigenvalue weighted by Gasteiger charge is -2.27. The Hall–Kier alpha value is -4.06. The molecule has 1 aliphatic rings. The fraction of sp³-hybridized carbons (Fsp3) is 0.318. The van der Waals surface area contributed by atoms with E-state index in [1.165, 1.54) is 12.1 Å². The molecule has 0 amide bonds. The maximum absolute atomic E-state index is 13.6. The van der Waals surface area contributed by atoms with Crippen LogP contribution in [0.4, 0.5) is 28.1 Å². The maximum atomic E-state index is 13.6. The fourth-order valence-corrected chi connectivity index (χ4v) is 3.72. The monoisotopic (exact) mass is 464 g/mol. The van der Waals surface area contributed by atoms with Crippen molar-refractivity contribution in [3.8, 4) is 0 Å². The van der Waals surface area contributed by atoms with E-state index in [2.05, 4.69) is 35.6 Å². The third kappa shape index (κ3) is 4.81. The van der Waals surface area contributed by atoms with E-state index in [1.807, 2.05) is 40.5 Å². The second kappa shape index (κ2) is 9.43. The second-order valence-corrected chi connectivity index (χ2v) is 7.96. The molecule has 1 atom stereocenters. The number of rotatable bonds is 7. The summed E-state index contributed by atoms with van der Waals surface area (Å²) in [6.07, 6.45) is 7.10. The van der Waals surface area contributed by atoms with E-state index in [4.69, 9.17) is 4.74 Å². The van der Waals surface area contributed by atoms with E-state index < -0.39 is 6.04 Å². The minimum atomic E-state index is -0.414. The van der Waals surface area contributed by atoms with Crippen molar-refractivity contribution in [3.63, 3.8) is 0 Å². The number of benzene rings is 1. The highest BCUT2D eigenvalue weighted by atomic mass is 19.1. The van der Waals surface area contributed by atoms with Gasteiger partial charge < -0.3 is 29.4 Å². The summed E-state index contributed by atoms with van der Waals surface area (Å²) in [4.78, 5) is 24.7. The van der Waals surface area contributed by atoms with E-state index in [9.17, 15) is 4.39 Å². The van der Waals surface area contributed by atoms with Crippen LogP contribution in [0.2, 0.25) is 0 Å². The Kier molecular flexibility index (Phi) is 6.04. The van der Waals surface area contributed by atoms with Crippen molar-refractivity contribution in [3.05, 3.63) is 66.4 Å². The second-order valence-electron chi connectivity index (χ2n) is 7.96. The molecule has 4 aromatic rings. The van der Waals surface area contributed by atoms with Crippen molar-refractivity contribution >= 4 is 23.7 Å². The van der Waals surface area contributed by atoms with Crippen LogP contribution in [-0.2, 0) is 18.8 Å². The molecule has 1 saturated heterocycles. The number of nitrogens with one attached hydrogen (secondary N) is 2. The number of ether oxygens (including phenoxy) is 1. The summed E-state index contributed by atoms with van der Waals surface area (Å²) in [5, 5.41) is 6.53. The average Bonchev–Trinajstić information content (AvgIpc) is 3.46. The molecule has 0 unspecified atom stereocenters. The molecule has 1 aromatic carbocycles. The SMILES string of the molecule is Cn1cnc(Nc2nc(N[C@H](c3ccc(F)cc3)c3nccn3C)nc(N3CCOCC3)n2)c1. The van der Waals surface area contributed by atoms with Crippen molar-refractivity contribution in [1.82, 2.24) is 34.1 Å². The molecule has 0 spiro atoms. The van der Waals surface area contributed by atoms with E-state index in [-0.39, 0.29) is 5.82 Å². The topological polar surface area (TPSA) is 111 Å². The number of hydrogen-bond acceptors (Lipinski definition) is 9. The summed E-state index contributed by atoms with van der Waals surface area (Å²) in [5.74, 6) is 2.28. The summed E-state index contributed by atoms with van der Waals surface area (Å²) in [6, 6.07) is 5.88. The minimum Gasteiger partial charge on any atom is -0.378 e. The van der Waals surface area contributed by atoms with Gasteiger partial charge in [0.05, 0.1) is 19.5 Å². The maximum Gasteiger partial charge on any atom is 0.235 e. The Balaban J connectivity index is 1.52. The highest BCUT2D eigenvalue weighted by Crippen LogP contribution is 2.26. The van der Waals surface area contributed by atoms with E-state index in [1.54, 1.807) is 24.7 Å². The molecule has 2 N–H and O–H groups in total. The van der Waals surface area contributed by atoms with Crippen molar-refractivity contribution < 1.29 is 9.13 Å². The van der Waals surface area contributed by atoms with Crippen LogP contribution >= 0.6 is 0 Å². The zero-order valence-electron chi connectivity index (χ0n) is 18.9. The van der Waals surface area contributed by atoms with Gasteiger partial charge in [0, 0.05) is 45.8 Å². The molecule has 3 aromatic heterocycles. The molecule has 12 heteroatoms. The number of aromatic nitrogens is 7. The van der Waals surface area contributed by atoms with Gasteiger partial charge in [0.2, 0.25) is 17.8 Å². The van der Waals surface area contributed by atoms with Gasteiger partial charge in [0.1, 0.15) is 17.7 Å². The minimum absolute atomic E-state index is 0.307. The molecule has 34 heavy (non-hydrogen) atoms. The average molecular weight is 465 g/mol. The van der Waals surface area contributed by atoms with Crippen LogP contribution in [0, 0.1) is 5.82 Å². The van der Waals surface area contributed by atoms with E-state index >= 15 is 0 Å². The van der Waals surface area contributed by atoms with E-state index in [0.717, 1.165) is 11.4 Å². The normalized spacial score (nSPS) is 14.7. The molecule has 5 rings (SSSR count). The largest absolute Gasteiger partial charge is 0.378 e. The van der Waals surface area contributed by atoms with Gasteiger partial charge in [-0.15, -0.1) is 0 Å². The number of imidazole rings is 2. The number of halogens is 1. The molecule has 1 aliphatic heterocycles. The summed E-state index contributed by atoms with van der Waals surface area (Å²) in [7, 11) is 3.79. The first kappa shape index (κ1) is 21.8. The predicted molar refractivity (Wildman–Crippen MR) is 124 cm³/mol. The van der Waals surface area contributed by atoms with Gasteiger partial charge in [-0.25, -0.2) is 14.4 Å². The molecule has 1 fully saturated rings. The fourth-order valence-electron chi connectivity index (χ4n) is 3.72. The Morgan fingerprint density at radius 2 is 1.76 bits per heavy atom. The van der Waals surface area contributed by atoms with Crippen molar-refractivity contribution in [1.29, 1.82) is 0 Å². The zero-order valence-corrected chi connectivity index (χ0v) is 18.9. The standard InChI is InChI=1S/C22H25FN10O/c1-31-13-17(25-14-31)26-20-28-21(30-22(29-20)33-9-11-34-12-10-33)27-18(19-24-7-8-32(19)2)15-3-5-16(23)6-4-15/h3-8,13-14,18H,9-12H2,1-2H3,(H2,26,27,28,29,30)/t18-/m1/s1. The smallest absolute Gasteiger partial charge is 0.235 e. The third-order valence-electron chi connectivity index (χ3n) is 5.46. The molecule has 176 valence electrons. The van der Waals surface area contributed by atoms with Gasteiger partial charge in [-0.05, 0) is 17.7 Å².